The quantitative estimate of drug-likeness (QED) is 0.0995. The Morgan fingerprint density at radius 2 is 1.76 bits per heavy atom. The first kappa shape index (κ1) is 27.6. The molecule has 0 saturated carbocycles. The summed E-state index contributed by atoms with van der Waals surface area (Å²) in [7, 11) is 0. The molecule has 1 amide bonds. The molecule has 0 spiro atoms. The number of aromatic nitrogens is 1. The van der Waals surface area contributed by atoms with Crippen molar-refractivity contribution in [1.82, 2.24) is 9.88 Å². The Hall–Kier alpha value is -4.91. The normalized spacial score (nSPS) is 16.1. The van der Waals surface area contributed by atoms with E-state index < -0.39 is 17.7 Å². The van der Waals surface area contributed by atoms with Gasteiger partial charge in [-0.25, -0.2) is 0 Å². The number of hydrogen-bond acceptors (Lipinski definition) is 6. The molecule has 0 bridgehead atoms. The second-order valence-corrected chi connectivity index (χ2v) is 9.96. The number of unbranched alkanes of at least 4 members (excludes halogenated alkanes) is 1. The van der Waals surface area contributed by atoms with Crippen molar-refractivity contribution in [3.63, 3.8) is 0 Å². The summed E-state index contributed by atoms with van der Waals surface area (Å²) in [5, 5.41) is 11.6. The molecule has 0 unspecified atom stereocenters. The van der Waals surface area contributed by atoms with Crippen LogP contribution >= 0.6 is 0 Å². The fourth-order valence-corrected chi connectivity index (χ4v) is 4.89. The van der Waals surface area contributed by atoms with Crippen molar-refractivity contribution < 1.29 is 24.2 Å². The van der Waals surface area contributed by atoms with E-state index in [2.05, 4.69) is 11.9 Å². The first-order valence-corrected chi connectivity index (χ1v) is 13.7. The molecule has 7 heteroatoms. The van der Waals surface area contributed by atoms with E-state index in [1.807, 2.05) is 61.5 Å². The van der Waals surface area contributed by atoms with E-state index in [1.54, 1.807) is 42.7 Å². The van der Waals surface area contributed by atoms with E-state index in [1.165, 1.54) is 4.90 Å². The van der Waals surface area contributed by atoms with Gasteiger partial charge >= 0.3 is 0 Å². The number of aryl methyl sites for hydroxylation is 1. The maximum atomic E-state index is 13.5. The predicted molar refractivity (Wildman–Crippen MR) is 157 cm³/mol. The molecule has 7 nitrogen and oxygen atoms in total. The van der Waals surface area contributed by atoms with Crippen LogP contribution in [0.3, 0.4) is 0 Å². The molecule has 1 saturated heterocycles. The molecule has 0 radical (unpaired) electrons. The molecule has 2 heterocycles. The molecule has 1 aliphatic rings. The molecular formula is C34H32N2O5. The zero-order chi connectivity index (χ0) is 28.8. The highest BCUT2D eigenvalue weighted by atomic mass is 16.5. The third-order valence-corrected chi connectivity index (χ3v) is 6.97. The Kier molecular flexibility index (Phi) is 8.44. The number of aliphatic hydroxyl groups is 1. The number of hydrogen-bond donors (Lipinski definition) is 1. The lowest BCUT2D eigenvalue weighted by atomic mass is 9.94. The number of ether oxygens (including phenoxy) is 2. The van der Waals surface area contributed by atoms with E-state index >= 15 is 0 Å². The molecule has 1 aromatic heterocycles. The Morgan fingerprint density at radius 1 is 0.951 bits per heavy atom. The Labute approximate surface area is 239 Å². The van der Waals surface area contributed by atoms with Crippen molar-refractivity contribution in [3.8, 4) is 17.2 Å². The van der Waals surface area contributed by atoms with Crippen LogP contribution in [0.15, 0.2) is 103 Å². The lowest BCUT2D eigenvalue weighted by Gasteiger charge is -2.25. The fourth-order valence-electron chi connectivity index (χ4n) is 4.89. The van der Waals surface area contributed by atoms with E-state index in [0.717, 1.165) is 24.0 Å². The topological polar surface area (TPSA) is 89.0 Å². The van der Waals surface area contributed by atoms with Crippen LogP contribution in [0.1, 0.15) is 48.1 Å². The number of para-hydroxylation sites is 1. The Morgan fingerprint density at radius 3 is 2.49 bits per heavy atom. The van der Waals surface area contributed by atoms with Crippen LogP contribution in [-0.4, -0.2) is 33.3 Å². The van der Waals surface area contributed by atoms with Crippen molar-refractivity contribution in [2.75, 3.05) is 6.61 Å². The zero-order valence-corrected chi connectivity index (χ0v) is 23.1. The van der Waals surface area contributed by atoms with Crippen LogP contribution in [0, 0.1) is 6.92 Å². The highest BCUT2D eigenvalue weighted by molar-refractivity contribution is 6.46. The van der Waals surface area contributed by atoms with Gasteiger partial charge in [-0.2, -0.15) is 0 Å². The molecule has 0 aliphatic carbocycles. The van der Waals surface area contributed by atoms with Crippen molar-refractivity contribution in [2.24, 2.45) is 0 Å². The van der Waals surface area contributed by atoms with Crippen LogP contribution in [0.5, 0.6) is 17.2 Å². The van der Waals surface area contributed by atoms with Crippen LogP contribution in [0.2, 0.25) is 0 Å². The average Bonchev–Trinajstić information content (AvgIpc) is 3.24. The number of pyridine rings is 1. The molecule has 3 aromatic carbocycles. The Balaban J connectivity index is 1.57. The van der Waals surface area contributed by atoms with Crippen LogP contribution in [0.25, 0.3) is 5.76 Å². The van der Waals surface area contributed by atoms with Crippen LogP contribution < -0.4 is 9.47 Å². The maximum absolute atomic E-state index is 13.5. The lowest BCUT2D eigenvalue weighted by molar-refractivity contribution is -0.140. The van der Waals surface area contributed by atoms with Gasteiger partial charge in [0, 0.05) is 24.5 Å². The smallest absolute Gasteiger partial charge is 0.295 e. The highest BCUT2D eigenvalue weighted by Gasteiger charge is 2.46. The van der Waals surface area contributed by atoms with Crippen LogP contribution in [0.4, 0.5) is 0 Å². The monoisotopic (exact) mass is 548 g/mol. The number of rotatable bonds is 10. The van der Waals surface area contributed by atoms with Gasteiger partial charge < -0.3 is 19.5 Å². The molecule has 1 atom stereocenters. The zero-order valence-electron chi connectivity index (χ0n) is 23.1. The van der Waals surface area contributed by atoms with Crippen molar-refractivity contribution >= 4 is 17.4 Å². The summed E-state index contributed by atoms with van der Waals surface area (Å²) in [5.74, 6) is 0.252. The summed E-state index contributed by atoms with van der Waals surface area (Å²) in [6.07, 6.45) is 5.27. The predicted octanol–water partition coefficient (Wildman–Crippen LogP) is 6.98. The number of aliphatic hydroxyl groups excluding tert-OH is 1. The molecule has 1 N–H and O–H groups in total. The van der Waals surface area contributed by atoms with Gasteiger partial charge in [0.2, 0.25) is 0 Å². The second-order valence-electron chi connectivity index (χ2n) is 9.96. The molecule has 41 heavy (non-hydrogen) atoms. The fraction of sp³-hybridized carbons (Fsp3) is 0.206. The number of carbonyl (C=O) groups is 2. The van der Waals surface area contributed by atoms with Gasteiger partial charge in [0.25, 0.3) is 11.7 Å². The summed E-state index contributed by atoms with van der Waals surface area (Å²) < 4.78 is 11.9. The Bertz CT molecular complexity index is 1570. The standard InChI is InChI=1S/C34H32N2O5/c1-3-4-18-40-29-16-15-26(19-23(29)2)32(37)30-31(36(34(39)33(30)38)22-24-10-9-17-35-21-24)25-11-8-14-28(20-25)41-27-12-6-5-7-13-27/h5-17,19-21,31,37H,3-4,18,22H2,1-2H3/b32-30+/t31-/m0/s1. The summed E-state index contributed by atoms with van der Waals surface area (Å²) >= 11 is 0. The summed E-state index contributed by atoms with van der Waals surface area (Å²) in [4.78, 5) is 32.6. The summed E-state index contributed by atoms with van der Waals surface area (Å²) in [6, 6.07) is 24.7. The molecule has 208 valence electrons. The van der Waals surface area contributed by atoms with Gasteiger partial charge in [-0.3, -0.25) is 14.6 Å². The SMILES string of the molecule is CCCCOc1ccc(/C(O)=C2\C(=O)C(=O)N(Cc3cccnc3)[C@H]2c2cccc(Oc3ccccc3)c2)cc1C. The molecule has 4 aromatic rings. The van der Waals surface area contributed by atoms with Crippen LogP contribution in [-0.2, 0) is 16.1 Å². The second kappa shape index (κ2) is 12.5. The largest absolute Gasteiger partial charge is 0.507 e. The van der Waals surface area contributed by atoms with E-state index in [0.29, 0.717) is 35.0 Å². The minimum absolute atomic E-state index is 0.0230. The van der Waals surface area contributed by atoms with Gasteiger partial charge in [0.15, 0.2) is 0 Å². The number of likely N-dealkylation sites (tertiary alicyclic amines) is 1. The maximum Gasteiger partial charge on any atom is 0.295 e. The van der Waals surface area contributed by atoms with E-state index in [-0.39, 0.29) is 17.9 Å². The molecule has 1 fully saturated rings. The summed E-state index contributed by atoms with van der Waals surface area (Å²) in [5.41, 5.74) is 2.69. The number of nitrogens with zero attached hydrogens (tertiary/aromatic N) is 2. The highest BCUT2D eigenvalue weighted by Crippen LogP contribution is 2.41. The number of Topliss-reactive ketones (excluding diaryl/α,β-unsaturated/α-hetero) is 1. The lowest BCUT2D eigenvalue weighted by Crippen LogP contribution is -2.29. The number of benzene rings is 3. The van der Waals surface area contributed by atoms with Crippen molar-refractivity contribution in [1.29, 1.82) is 0 Å². The van der Waals surface area contributed by atoms with Gasteiger partial charge in [-0.15, -0.1) is 0 Å². The van der Waals surface area contributed by atoms with Gasteiger partial charge in [-0.1, -0.05) is 49.7 Å². The van der Waals surface area contributed by atoms with E-state index in [4.69, 9.17) is 9.47 Å². The number of ketones is 1. The van der Waals surface area contributed by atoms with Crippen molar-refractivity contribution in [2.45, 2.75) is 39.3 Å². The van der Waals surface area contributed by atoms with E-state index in [9.17, 15) is 14.7 Å². The minimum Gasteiger partial charge on any atom is -0.507 e. The first-order valence-electron chi connectivity index (χ1n) is 13.7. The van der Waals surface area contributed by atoms with Gasteiger partial charge in [-0.05, 0) is 78.6 Å². The third-order valence-electron chi connectivity index (χ3n) is 6.97. The van der Waals surface area contributed by atoms with Gasteiger partial charge in [0.05, 0.1) is 18.2 Å². The molecular weight excluding hydrogens is 516 g/mol. The summed E-state index contributed by atoms with van der Waals surface area (Å²) in [6.45, 7) is 4.73. The van der Waals surface area contributed by atoms with Gasteiger partial charge in [0.1, 0.15) is 23.0 Å². The third kappa shape index (κ3) is 6.14. The average molecular weight is 549 g/mol. The first-order chi connectivity index (χ1) is 20.0. The van der Waals surface area contributed by atoms with Crippen molar-refractivity contribution in [3.05, 3.63) is 125 Å². The molecule has 1 aliphatic heterocycles. The minimum atomic E-state index is -0.838. The number of carbonyl (C=O) groups excluding carboxylic acids is 2. The number of amides is 1. The molecule has 5 rings (SSSR count).